The average molecular weight is 677 g/mol. The van der Waals surface area contributed by atoms with Crippen LogP contribution in [0.25, 0.3) is 22.5 Å². The Morgan fingerprint density at radius 1 is 1.04 bits per heavy atom. The maximum Gasteiger partial charge on any atom is 0.511 e. The number of esters is 1. The molecule has 0 saturated carbocycles. The SMILES string of the molecule is CCCc1nc(C(C)(C)O)c(C(=O)OC(C)OC(=O)O[C@@H]2CO[C@H]3[C@@H]2OC[C@H]3OC)n1Cc1ccc(-c2ccccc2-c2nn[nH]n2)cc1. The number of aliphatic hydroxyl groups is 1. The fourth-order valence-electron chi connectivity index (χ4n) is 6.15. The van der Waals surface area contributed by atoms with Gasteiger partial charge in [-0.3, -0.25) is 0 Å². The van der Waals surface area contributed by atoms with E-state index in [2.05, 4.69) is 20.6 Å². The maximum atomic E-state index is 13.8. The summed E-state index contributed by atoms with van der Waals surface area (Å²) in [5.41, 5.74) is 2.31. The number of aromatic amines is 1. The zero-order valence-corrected chi connectivity index (χ0v) is 28.0. The van der Waals surface area contributed by atoms with Crippen LogP contribution in [0.5, 0.6) is 0 Å². The highest BCUT2D eigenvalue weighted by molar-refractivity contribution is 5.89. The Kier molecular flexibility index (Phi) is 10.1. The van der Waals surface area contributed by atoms with E-state index in [9.17, 15) is 14.7 Å². The first-order valence-corrected chi connectivity index (χ1v) is 16.2. The molecule has 2 aliphatic heterocycles. The van der Waals surface area contributed by atoms with Crippen LogP contribution >= 0.6 is 0 Å². The van der Waals surface area contributed by atoms with Crippen LogP contribution in [-0.4, -0.2) is 98.4 Å². The Morgan fingerprint density at radius 2 is 1.73 bits per heavy atom. The molecule has 2 aromatic carbocycles. The van der Waals surface area contributed by atoms with E-state index in [1.807, 2.05) is 55.5 Å². The minimum absolute atomic E-state index is 0.0586. The summed E-state index contributed by atoms with van der Waals surface area (Å²) in [6.45, 7) is 7.22. The van der Waals surface area contributed by atoms with Crippen molar-refractivity contribution in [1.29, 1.82) is 0 Å². The third-order valence-corrected chi connectivity index (χ3v) is 8.46. The molecule has 2 N–H and O–H groups in total. The number of methoxy groups -OCH3 is 1. The first-order chi connectivity index (χ1) is 23.6. The number of benzene rings is 2. The van der Waals surface area contributed by atoms with Crippen LogP contribution in [0.2, 0.25) is 0 Å². The predicted octanol–water partition coefficient (Wildman–Crippen LogP) is 3.80. The number of hydrogen-bond acceptors (Lipinski definition) is 13. The molecule has 2 saturated heterocycles. The zero-order chi connectivity index (χ0) is 34.7. The first kappa shape index (κ1) is 34.2. The molecule has 4 aromatic rings. The fourth-order valence-corrected chi connectivity index (χ4v) is 6.15. The van der Waals surface area contributed by atoms with Crippen molar-refractivity contribution in [3.8, 4) is 22.5 Å². The number of tetrazole rings is 1. The van der Waals surface area contributed by atoms with E-state index >= 15 is 0 Å². The average Bonchev–Trinajstić information content (AvgIpc) is 3.88. The molecule has 6 rings (SSSR count). The molecular weight excluding hydrogens is 636 g/mol. The number of rotatable bonds is 12. The largest absolute Gasteiger partial charge is 0.511 e. The molecule has 2 fully saturated rings. The number of carbonyl (C=O) groups excluding carboxylic acids is 2. The minimum atomic E-state index is -1.48. The van der Waals surface area contributed by atoms with Gasteiger partial charge in [-0.05, 0) is 42.2 Å². The number of ether oxygens (including phenoxy) is 6. The molecule has 2 aliphatic rings. The summed E-state index contributed by atoms with van der Waals surface area (Å²) in [6.07, 6.45) is -2.84. The lowest BCUT2D eigenvalue weighted by Crippen LogP contribution is -2.35. The fraction of sp³-hybridized carbons (Fsp3) is 0.471. The quantitative estimate of drug-likeness (QED) is 0.163. The van der Waals surface area contributed by atoms with Crippen LogP contribution < -0.4 is 0 Å². The molecule has 15 nitrogen and oxygen atoms in total. The van der Waals surface area contributed by atoms with Crippen LogP contribution in [0, 0.1) is 0 Å². The third kappa shape index (κ3) is 7.34. The van der Waals surface area contributed by atoms with Crippen LogP contribution in [0.4, 0.5) is 4.79 Å². The van der Waals surface area contributed by atoms with E-state index in [0.717, 1.165) is 28.7 Å². The van der Waals surface area contributed by atoms with Crippen LogP contribution in [0.3, 0.4) is 0 Å². The van der Waals surface area contributed by atoms with E-state index in [4.69, 9.17) is 33.4 Å². The Labute approximate surface area is 282 Å². The summed E-state index contributed by atoms with van der Waals surface area (Å²) >= 11 is 0. The highest BCUT2D eigenvalue weighted by Gasteiger charge is 2.50. The highest BCUT2D eigenvalue weighted by atomic mass is 16.8. The molecule has 5 atom stereocenters. The normalized spacial score (nSPS) is 20.9. The molecule has 2 aromatic heterocycles. The van der Waals surface area contributed by atoms with Gasteiger partial charge in [0.1, 0.15) is 35.4 Å². The Hall–Kier alpha value is -4.70. The molecule has 0 radical (unpaired) electrons. The number of aromatic nitrogens is 6. The monoisotopic (exact) mass is 676 g/mol. The highest BCUT2D eigenvalue weighted by Crippen LogP contribution is 2.32. The zero-order valence-electron chi connectivity index (χ0n) is 28.0. The van der Waals surface area contributed by atoms with Gasteiger partial charge in [0.15, 0.2) is 11.8 Å². The summed E-state index contributed by atoms with van der Waals surface area (Å²) in [5.74, 6) is 0.275. The van der Waals surface area contributed by atoms with E-state index < -0.39 is 36.2 Å². The number of fused-ring (bicyclic) bond motifs is 1. The van der Waals surface area contributed by atoms with E-state index in [1.54, 1.807) is 25.5 Å². The van der Waals surface area contributed by atoms with Crippen molar-refractivity contribution in [3.63, 3.8) is 0 Å². The van der Waals surface area contributed by atoms with E-state index in [1.165, 1.54) is 6.92 Å². The molecule has 0 aliphatic carbocycles. The van der Waals surface area contributed by atoms with Crippen molar-refractivity contribution in [3.05, 3.63) is 71.3 Å². The number of H-pyrrole nitrogens is 1. The standard InChI is InChI=1S/C34H40N6O9/c1-6-9-26-35-30(34(3,4)43)27(32(41)47-19(2)48-33(42)49-25-18-46-28-24(44-5)17-45-29(25)28)40(26)16-20-12-14-21(15-13-20)22-10-7-8-11-23(22)31-36-38-39-37-31/h7-8,10-15,19,24-25,28-29,43H,6,9,16-18H2,1-5H3,(H,36,37,38,39)/t19?,24-,25-,28-,29-/m1/s1. The topological polar surface area (TPSA) is 182 Å². The number of nitrogens with one attached hydrogen (secondary N) is 1. The summed E-state index contributed by atoms with van der Waals surface area (Å²) in [6, 6.07) is 15.6. The Morgan fingerprint density at radius 3 is 2.39 bits per heavy atom. The van der Waals surface area contributed by atoms with Gasteiger partial charge in [-0.15, -0.1) is 10.2 Å². The molecule has 0 bridgehead atoms. The van der Waals surface area contributed by atoms with Crippen molar-refractivity contribution >= 4 is 12.1 Å². The van der Waals surface area contributed by atoms with Gasteiger partial charge in [0.05, 0.1) is 13.2 Å². The number of aryl methyl sites for hydroxylation is 1. The second kappa shape index (κ2) is 14.4. The summed E-state index contributed by atoms with van der Waals surface area (Å²) in [5, 5.41) is 25.5. The van der Waals surface area contributed by atoms with Crippen LogP contribution in [0.15, 0.2) is 48.5 Å². The predicted molar refractivity (Wildman–Crippen MR) is 172 cm³/mol. The lowest BCUT2D eigenvalue weighted by atomic mass is 9.98. The van der Waals surface area contributed by atoms with Crippen molar-refractivity contribution in [2.24, 2.45) is 0 Å². The summed E-state index contributed by atoms with van der Waals surface area (Å²) < 4.78 is 34.8. The van der Waals surface area contributed by atoms with Gasteiger partial charge in [0, 0.05) is 32.6 Å². The molecule has 49 heavy (non-hydrogen) atoms. The van der Waals surface area contributed by atoms with Crippen molar-refractivity contribution < 1.29 is 43.1 Å². The second-order valence-corrected chi connectivity index (χ2v) is 12.5. The lowest BCUT2D eigenvalue weighted by Gasteiger charge is -2.21. The van der Waals surface area contributed by atoms with Gasteiger partial charge >= 0.3 is 12.1 Å². The molecule has 0 spiro atoms. The first-order valence-electron chi connectivity index (χ1n) is 16.2. The van der Waals surface area contributed by atoms with E-state index in [0.29, 0.717) is 24.7 Å². The van der Waals surface area contributed by atoms with E-state index in [-0.39, 0.29) is 36.7 Å². The van der Waals surface area contributed by atoms with Crippen LogP contribution in [0.1, 0.15) is 61.7 Å². The smallest absolute Gasteiger partial charge is 0.426 e. The third-order valence-electron chi connectivity index (χ3n) is 8.46. The van der Waals surface area contributed by atoms with Gasteiger partial charge in [0.2, 0.25) is 12.1 Å². The second-order valence-electron chi connectivity index (χ2n) is 12.5. The van der Waals surface area contributed by atoms with Crippen LogP contribution in [-0.2, 0) is 47.0 Å². The van der Waals surface area contributed by atoms with Gasteiger partial charge in [0.25, 0.3) is 0 Å². The molecule has 15 heteroatoms. The summed E-state index contributed by atoms with van der Waals surface area (Å²) in [4.78, 5) is 31.1. The summed E-state index contributed by atoms with van der Waals surface area (Å²) in [7, 11) is 1.56. The van der Waals surface area contributed by atoms with Gasteiger partial charge in [-0.2, -0.15) is 5.21 Å². The molecule has 260 valence electrons. The number of carbonyl (C=O) groups is 2. The molecule has 0 amide bonds. The maximum absolute atomic E-state index is 13.8. The van der Waals surface area contributed by atoms with Gasteiger partial charge in [-0.25, -0.2) is 14.6 Å². The molecular formula is C34H40N6O9. The molecule has 4 heterocycles. The minimum Gasteiger partial charge on any atom is -0.426 e. The number of hydrogen-bond donors (Lipinski definition) is 2. The molecule has 1 unspecified atom stereocenters. The number of imidazole rings is 1. The van der Waals surface area contributed by atoms with Crippen molar-refractivity contribution in [2.75, 3.05) is 20.3 Å². The van der Waals surface area contributed by atoms with Crippen molar-refractivity contribution in [1.82, 2.24) is 30.2 Å². The van der Waals surface area contributed by atoms with Gasteiger partial charge in [-0.1, -0.05) is 55.5 Å². The van der Waals surface area contributed by atoms with Gasteiger partial charge < -0.3 is 38.1 Å². The number of nitrogens with zero attached hydrogens (tertiary/aromatic N) is 5. The Balaban J connectivity index is 1.19. The lowest BCUT2D eigenvalue weighted by molar-refractivity contribution is -0.0995. The Bertz CT molecular complexity index is 1750. The van der Waals surface area contributed by atoms with Crippen molar-refractivity contribution in [2.45, 2.75) is 83.4 Å².